The van der Waals surface area contributed by atoms with E-state index in [9.17, 15) is 4.79 Å². The molecule has 1 aliphatic heterocycles. The zero-order chi connectivity index (χ0) is 14.5. The lowest BCUT2D eigenvalue weighted by molar-refractivity contribution is -0.148. The predicted octanol–water partition coefficient (Wildman–Crippen LogP) is 1.91. The number of ether oxygens (including phenoxy) is 1. The summed E-state index contributed by atoms with van der Waals surface area (Å²) in [6.07, 6.45) is 1.67. The van der Waals surface area contributed by atoms with Crippen molar-refractivity contribution >= 4 is 39.5 Å². The number of carbonyl (C=O) groups excluding carboxylic acids is 1. The molecule has 1 aliphatic rings. The minimum absolute atomic E-state index is 0.152. The van der Waals surface area contributed by atoms with E-state index in [0.29, 0.717) is 19.0 Å². The number of aromatic nitrogens is 1. The topological polar surface area (TPSA) is 68.5 Å². The van der Waals surface area contributed by atoms with Crippen molar-refractivity contribution in [1.29, 1.82) is 0 Å². The average Bonchev–Trinajstić information content (AvgIpc) is 2.44. The van der Waals surface area contributed by atoms with Crippen molar-refractivity contribution in [1.82, 2.24) is 9.88 Å². The normalized spacial score (nSPS) is 19.8. The van der Waals surface area contributed by atoms with E-state index in [1.54, 1.807) is 18.0 Å². The predicted molar refractivity (Wildman–Crippen MR) is 84.5 cm³/mol. The van der Waals surface area contributed by atoms with Crippen LogP contribution in [0.25, 0.3) is 0 Å². The molecule has 110 valence electrons. The molecule has 0 radical (unpaired) electrons. The molecule has 20 heavy (non-hydrogen) atoms. The Kier molecular flexibility index (Phi) is 5.68. The molecule has 1 aromatic heterocycles. The quantitative estimate of drug-likeness (QED) is 0.828. The summed E-state index contributed by atoms with van der Waals surface area (Å²) in [5.41, 5.74) is 6.84. The molecule has 0 saturated carbocycles. The third-order valence-electron chi connectivity index (χ3n) is 3.14. The summed E-state index contributed by atoms with van der Waals surface area (Å²) in [6, 6.07) is 1.75. The number of rotatable bonds is 4. The van der Waals surface area contributed by atoms with Crippen LogP contribution in [0.2, 0.25) is 0 Å². The van der Waals surface area contributed by atoms with Crippen molar-refractivity contribution in [2.75, 3.05) is 30.4 Å². The second kappa shape index (κ2) is 7.28. The lowest BCUT2D eigenvalue weighted by Crippen LogP contribution is -2.47. The van der Waals surface area contributed by atoms with Crippen LogP contribution in [0.1, 0.15) is 12.5 Å². The number of esters is 1. The van der Waals surface area contributed by atoms with Crippen molar-refractivity contribution in [3.05, 3.63) is 22.3 Å². The first-order valence-corrected chi connectivity index (χ1v) is 8.45. The van der Waals surface area contributed by atoms with Gasteiger partial charge >= 0.3 is 5.97 Å². The summed E-state index contributed by atoms with van der Waals surface area (Å²) in [5, 5.41) is 0. The van der Waals surface area contributed by atoms with Gasteiger partial charge in [0.25, 0.3) is 0 Å². The molecule has 0 bridgehead atoms. The number of thioether (sulfide) groups is 1. The van der Waals surface area contributed by atoms with E-state index in [-0.39, 0.29) is 12.0 Å². The number of carbonyl (C=O) groups is 1. The van der Waals surface area contributed by atoms with Crippen molar-refractivity contribution in [3.8, 4) is 0 Å². The van der Waals surface area contributed by atoms with Crippen molar-refractivity contribution in [2.24, 2.45) is 0 Å². The fourth-order valence-corrected chi connectivity index (χ4v) is 3.60. The van der Waals surface area contributed by atoms with Crippen LogP contribution in [0.3, 0.4) is 0 Å². The number of hydrogen-bond acceptors (Lipinski definition) is 6. The smallest absolute Gasteiger partial charge is 0.324 e. The van der Waals surface area contributed by atoms with Crippen LogP contribution in [0.15, 0.2) is 16.7 Å². The molecule has 0 amide bonds. The molecule has 1 saturated heterocycles. The second-order valence-corrected chi connectivity index (χ2v) is 6.58. The van der Waals surface area contributed by atoms with E-state index in [4.69, 9.17) is 10.5 Å². The second-order valence-electron chi connectivity index (χ2n) is 4.51. The van der Waals surface area contributed by atoms with Gasteiger partial charge in [-0.3, -0.25) is 9.69 Å². The van der Waals surface area contributed by atoms with Gasteiger partial charge in [0.1, 0.15) is 11.9 Å². The SMILES string of the molecule is CCOC(=O)C1CSCCN1Cc1cc(Br)cnc1N. The van der Waals surface area contributed by atoms with Gasteiger partial charge in [-0.15, -0.1) is 0 Å². The van der Waals surface area contributed by atoms with Gasteiger partial charge in [-0.05, 0) is 28.9 Å². The van der Waals surface area contributed by atoms with Crippen LogP contribution < -0.4 is 5.73 Å². The number of nitrogens with two attached hydrogens (primary N) is 1. The van der Waals surface area contributed by atoms with Crippen LogP contribution in [0, 0.1) is 0 Å². The molecule has 1 unspecified atom stereocenters. The summed E-state index contributed by atoms with van der Waals surface area (Å²) >= 11 is 5.18. The summed E-state index contributed by atoms with van der Waals surface area (Å²) in [5.74, 6) is 2.13. The fourth-order valence-electron chi connectivity index (χ4n) is 2.12. The number of nitrogen functional groups attached to an aromatic ring is 1. The summed E-state index contributed by atoms with van der Waals surface area (Å²) < 4.78 is 6.04. The number of anilines is 1. The first kappa shape index (κ1) is 15.6. The van der Waals surface area contributed by atoms with Crippen LogP contribution >= 0.6 is 27.7 Å². The molecule has 2 heterocycles. The van der Waals surface area contributed by atoms with Crippen molar-refractivity contribution in [2.45, 2.75) is 19.5 Å². The van der Waals surface area contributed by atoms with Gasteiger partial charge in [-0.1, -0.05) is 0 Å². The first-order chi connectivity index (χ1) is 9.61. The Balaban J connectivity index is 2.12. The Morgan fingerprint density at radius 1 is 1.70 bits per heavy atom. The molecule has 5 nitrogen and oxygen atoms in total. The number of hydrogen-bond donors (Lipinski definition) is 1. The van der Waals surface area contributed by atoms with E-state index in [1.807, 2.05) is 13.0 Å². The highest BCUT2D eigenvalue weighted by molar-refractivity contribution is 9.10. The van der Waals surface area contributed by atoms with Gasteiger partial charge in [-0.25, -0.2) is 4.98 Å². The molecule has 1 aromatic rings. The zero-order valence-corrected chi connectivity index (χ0v) is 13.7. The molecule has 0 spiro atoms. The van der Waals surface area contributed by atoms with Gasteiger partial charge in [0.15, 0.2) is 0 Å². The Bertz CT molecular complexity index is 487. The first-order valence-electron chi connectivity index (χ1n) is 6.50. The maximum atomic E-state index is 12.0. The largest absolute Gasteiger partial charge is 0.465 e. The molecule has 1 atom stereocenters. The molecule has 2 N–H and O–H groups in total. The Morgan fingerprint density at radius 2 is 2.50 bits per heavy atom. The Hall–Kier alpha value is -0.790. The van der Waals surface area contributed by atoms with Gasteiger partial charge in [-0.2, -0.15) is 11.8 Å². The third kappa shape index (κ3) is 3.86. The van der Waals surface area contributed by atoms with Gasteiger partial charge in [0, 0.05) is 40.8 Å². The van der Waals surface area contributed by atoms with Crippen LogP contribution in [-0.4, -0.2) is 46.6 Å². The highest BCUT2D eigenvalue weighted by atomic mass is 79.9. The van der Waals surface area contributed by atoms with Crippen LogP contribution in [0.4, 0.5) is 5.82 Å². The van der Waals surface area contributed by atoms with Gasteiger partial charge in [0.05, 0.1) is 6.61 Å². The summed E-state index contributed by atoms with van der Waals surface area (Å²) in [7, 11) is 0. The number of halogens is 1. The zero-order valence-electron chi connectivity index (χ0n) is 11.3. The van der Waals surface area contributed by atoms with E-state index in [1.165, 1.54) is 0 Å². The van der Waals surface area contributed by atoms with Crippen molar-refractivity contribution in [3.63, 3.8) is 0 Å². The van der Waals surface area contributed by atoms with Crippen LogP contribution in [0.5, 0.6) is 0 Å². The van der Waals surface area contributed by atoms with Crippen LogP contribution in [-0.2, 0) is 16.1 Å². The van der Waals surface area contributed by atoms with Gasteiger partial charge < -0.3 is 10.5 Å². The average molecular weight is 360 g/mol. The molecule has 0 aromatic carbocycles. The lowest BCUT2D eigenvalue weighted by Gasteiger charge is -2.33. The number of nitrogens with zero attached hydrogens (tertiary/aromatic N) is 2. The summed E-state index contributed by atoms with van der Waals surface area (Å²) in [6.45, 7) is 3.70. The van der Waals surface area contributed by atoms with E-state index in [2.05, 4.69) is 25.8 Å². The number of pyridine rings is 1. The minimum atomic E-state index is -0.202. The van der Waals surface area contributed by atoms with E-state index >= 15 is 0 Å². The highest BCUT2D eigenvalue weighted by Gasteiger charge is 2.30. The van der Waals surface area contributed by atoms with Gasteiger partial charge in [0.2, 0.25) is 0 Å². The molecule has 7 heteroatoms. The lowest BCUT2D eigenvalue weighted by atomic mass is 10.2. The molecule has 2 rings (SSSR count). The molecular formula is C13H18BrN3O2S. The Morgan fingerprint density at radius 3 is 3.25 bits per heavy atom. The van der Waals surface area contributed by atoms with E-state index < -0.39 is 0 Å². The van der Waals surface area contributed by atoms with Crippen molar-refractivity contribution < 1.29 is 9.53 Å². The molecular weight excluding hydrogens is 342 g/mol. The maximum Gasteiger partial charge on any atom is 0.324 e. The molecule has 1 fully saturated rings. The standard InChI is InChI=1S/C13H18BrN3O2S/c1-2-19-13(18)11-8-20-4-3-17(11)7-9-5-10(14)6-16-12(9)15/h5-6,11H,2-4,7-8H2,1H3,(H2,15,16). The monoisotopic (exact) mass is 359 g/mol. The summed E-state index contributed by atoms with van der Waals surface area (Å²) in [4.78, 5) is 18.3. The molecule has 0 aliphatic carbocycles. The fraction of sp³-hybridized carbons (Fsp3) is 0.538. The van der Waals surface area contributed by atoms with E-state index in [0.717, 1.165) is 28.1 Å². The third-order valence-corrected chi connectivity index (χ3v) is 4.60. The minimum Gasteiger partial charge on any atom is -0.465 e. The maximum absolute atomic E-state index is 12.0. The highest BCUT2D eigenvalue weighted by Crippen LogP contribution is 2.23. The Labute approximate surface area is 131 Å².